The van der Waals surface area contributed by atoms with E-state index in [1.165, 1.54) is 11.1 Å². The van der Waals surface area contributed by atoms with Crippen LogP contribution in [0.2, 0.25) is 0 Å². The summed E-state index contributed by atoms with van der Waals surface area (Å²) >= 11 is 0. The van der Waals surface area contributed by atoms with Crippen molar-refractivity contribution in [1.82, 2.24) is 20.2 Å². The quantitative estimate of drug-likeness (QED) is 0.259. The number of nitrogens with zero attached hydrogens (tertiary/aromatic N) is 3. The molecule has 1 heterocycles. The van der Waals surface area contributed by atoms with E-state index in [2.05, 4.69) is 72.1 Å². The molecule has 0 saturated heterocycles. The molecule has 0 bridgehead atoms. The molecule has 1 aromatic heterocycles. The number of guanidine groups is 1. The topological polar surface area (TPSA) is 63.5 Å². The van der Waals surface area contributed by atoms with E-state index in [9.17, 15) is 0 Å². The first-order valence-electron chi connectivity index (χ1n) is 10.7. The van der Waals surface area contributed by atoms with Gasteiger partial charge in [0.2, 0.25) is 0 Å². The summed E-state index contributed by atoms with van der Waals surface area (Å²) < 4.78 is 7.98. The molecule has 6 nitrogen and oxygen atoms in total. The van der Waals surface area contributed by atoms with Crippen molar-refractivity contribution >= 4 is 29.9 Å². The van der Waals surface area contributed by atoms with E-state index in [0.717, 1.165) is 44.4 Å². The maximum atomic E-state index is 5.83. The van der Waals surface area contributed by atoms with Crippen molar-refractivity contribution in [1.29, 1.82) is 0 Å². The van der Waals surface area contributed by atoms with Crippen LogP contribution in [0.25, 0.3) is 0 Å². The van der Waals surface area contributed by atoms with Crippen LogP contribution in [0.1, 0.15) is 51.1 Å². The third kappa shape index (κ3) is 9.04. The number of imidazole rings is 1. The fraction of sp³-hybridized carbons (Fsp3) is 0.565. The number of hydrogen-bond donors (Lipinski definition) is 2. The largest absolute Gasteiger partial charge is 0.378 e. The zero-order valence-electron chi connectivity index (χ0n) is 19.0. The zero-order chi connectivity index (χ0) is 21.1. The maximum absolute atomic E-state index is 5.83. The van der Waals surface area contributed by atoms with Crippen molar-refractivity contribution in [2.75, 3.05) is 19.7 Å². The number of aryl methyl sites for hydroxylation is 1. The predicted octanol–water partition coefficient (Wildman–Crippen LogP) is 4.36. The van der Waals surface area contributed by atoms with E-state index in [4.69, 9.17) is 9.73 Å². The predicted molar refractivity (Wildman–Crippen MR) is 136 cm³/mol. The summed E-state index contributed by atoms with van der Waals surface area (Å²) in [6.07, 6.45) is 5.10. The summed E-state index contributed by atoms with van der Waals surface area (Å²) in [5, 5.41) is 6.77. The number of halogens is 1. The average Bonchev–Trinajstić information content (AvgIpc) is 3.10. The first kappa shape index (κ1) is 26.4. The molecule has 2 aromatic rings. The van der Waals surface area contributed by atoms with Crippen LogP contribution >= 0.6 is 24.0 Å². The Morgan fingerprint density at radius 2 is 1.97 bits per heavy atom. The SMILES string of the molecule is CCNC(=NCc1cccc(Cn2ccnc2C)c1)NCCC(OCC)C(C)C.I. The normalized spacial score (nSPS) is 12.5. The van der Waals surface area contributed by atoms with Gasteiger partial charge in [-0.3, -0.25) is 0 Å². The van der Waals surface area contributed by atoms with Gasteiger partial charge in [0, 0.05) is 38.6 Å². The van der Waals surface area contributed by atoms with Crippen LogP contribution in [-0.4, -0.2) is 41.3 Å². The standard InChI is InChI=1S/C23H37N5O.HI/c1-6-24-23(26-12-11-22(18(3)4)29-7-2)27-16-20-9-8-10-21(15-20)17-28-14-13-25-19(28)5;/h8-10,13-15,18,22H,6-7,11-12,16-17H2,1-5H3,(H2,24,26,27);1H. The second-order valence-corrected chi connectivity index (χ2v) is 7.57. The third-order valence-electron chi connectivity index (χ3n) is 4.88. The molecular weight excluding hydrogens is 489 g/mol. The molecule has 30 heavy (non-hydrogen) atoms. The third-order valence-corrected chi connectivity index (χ3v) is 4.88. The molecule has 0 aliphatic carbocycles. The Kier molecular flexibility index (Phi) is 12.7. The van der Waals surface area contributed by atoms with Gasteiger partial charge in [-0.25, -0.2) is 9.98 Å². The number of aromatic nitrogens is 2. The monoisotopic (exact) mass is 527 g/mol. The van der Waals surface area contributed by atoms with Gasteiger partial charge < -0.3 is 19.9 Å². The highest BCUT2D eigenvalue weighted by atomic mass is 127. The Bertz CT molecular complexity index is 760. The molecule has 0 aliphatic heterocycles. The highest BCUT2D eigenvalue weighted by molar-refractivity contribution is 14.0. The highest BCUT2D eigenvalue weighted by Crippen LogP contribution is 2.11. The van der Waals surface area contributed by atoms with Crippen LogP contribution in [0.3, 0.4) is 0 Å². The van der Waals surface area contributed by atoms with E-state index in [0.29, 0.717) is 12.5 Å². The molecule has 0 saturated carbocycles. The molecule has 1 unspecified atom stereocenters. The minimum absolute atomic E-state index is 0. The zero-order valence-corrected chi connectivity index (χ0v) is 21.3. The van der Waals surface area contributed by atoms with Gasteiger partial charge in [0.1, 0.15) is 5.82 Å². The molecule has 0 aliphatic rings. The van der Waals surface area contributed by atoms with E-state index in [1.54, 1.807) is 0 Å². The van der Waals surface area contributed by atoms with Gasteiger partial charge in [-0.1, -0.05) is 38.1 Å². The molecular formula is C23H38IN5O. The van der Waals surface area contributed by atoms with Gasteiger partial charge >= 0.3 is 0 Å². The summed E-state index contributed by atoms with van der Waals surface area (Å²) in [5.41, 5.74) is 2.46. The fourth-order valence-electron chi connectivity index (χ4n) is 3.26. The summed E-state index contributed by atoms with van der Waals surface area (Å²) in [5.74, 6) is 2.39. The molecule has 2 rings (SSSR count). The van der Waals surface area contributed by atoms with Crippen LogP contribution in [0, 0.1) is 12.8 Å². The van der Waals surface area contributed by atoms with Crippen LogP contribution in [-0.2, 0) is 17.8 Å². The second-order valence-electron chi connectivity index (χ2n) is 7.57. The smallest absolute Gasteiger partial charge is 0.191 e. The Morgan fingerprint density at radius 1 is 1.20 bits per heavy atom. The van der Waals surface area contributed by atoms with Gasteiger partial charge in [0.05, 0.1) is 12.6 Å². The molecule has 0 spiro atoms. The van der Waals surface area contributed by atoms with Gasteiger partial charge in [0.15, 0.2) is 5.96 Å². The van der Waals surface area contributed by atoms with Gasteiger partial charge in [-0.15, -0.1) is 24.0 Å². The molecule has 0 radical (unpaired) electrons. The second kappa shape index (κ2) is 14.4. The Labute approximate surface area is 198 Å². The molecule has 0 amide bonds. The number of nitrogens with one attached hydrogen (secondary N) is 2. The van der Waals surface area contributed by atoms with Crippen molar-refractivity contribution in [3.63, 3.8) is 0 Å². The molecule has 2 N–H and O–H groups in total. The van der Waals surface area contributed by atoms with Crippen molar-refractivity contribution < 1.29 is 4.74 Å². The molecule has 0 fully saturated rings. The lowest BCUT2D eigenvalue weighted by Crippen LogP contribution is -2.39. The van der Waals surface area contributed by atoms with Gasteiger partial charge in [-0.05, 0) is 44.2 Å². The van der Waals surface area contributed by atoms with Crippen LogP contribution < -0.4 is 10.6 Å². The first-order chi connectivity index (χ1) is 14.0. The Hall–Kier alpha value is -1.61. The fourth-order valence-corrected chi connectivity index (χ4v) is 3.26. The van der Waals surface area contributed by atoms with Crippen LogP contribution in [0.15, 0.2) is 41.7 Å². The number of aliphatic imine (C=N–C) groups is 1. The van der Waals surface area contributed by atoms with Crippen molar-refractivity contribution in [2.45, 2.75) is 60.2 Å². The lowest BCUT2D eigenvalue weighted by molar-refractivity contribution is 0.0258. The summed E-state index contributed by atoms with van der Waals surface area (Å²) in [7, 11) is 0. The van der Waals surface area contributed by atoms with Crippen molar-refractivity contribution in [3.8, 4) is 0 Å². The van der Waals surface area contributed by atoms with Gasteiger partial charge in [-0.2, -0.15) is 0 Å². The Balaban J connectivity index is 0.00000450. The summed E-state index contributed by atoms with van der Waals surface area (Å²) in [4.78, 5) is 9.06. The maximum Gasteiger partial charge on any atom is 0.191 e. The van der Waals surface area contributed by atoms with E-state index >= 15 is 0 Å². The van der Waals surface area contributed by atoms with Gasteiger partial charge in [0.25, 0.3) is 0 Å². The van der Waals surface area contributed by atoms with Crippen molar-refractivity contribution in [2.24, 2.45) is 10.9 Å². The number of ether oxygens (including phenoxy) is 1. The lowest BCUT2D eigenvalue weighted by Gasteiger charge is -2.21. The molecule has 7 heteroatoms. The number of benzene rings is 1. The minimum atomic E-state index is 0. The van der Waals surface area contributed by atoms with Crippen molar-refractivity contribution in [3.05, 3.63) is 53.6 Å². The summed E-state index contributed by atoms with van der Waals surface area (Å²) in [6.45, 7) is 14.5. The van der Waals surface area contributed by atoms with E-state index in [1.807, 2.05) is 19.3 Å². The number of rotatable bonds is 11. The molecule has 1 aromatic carbocycles. The first-order valence-corrected chi connectivity index (χ1v) is 10.7. The van der Waals surface area contributed by atoms with E-state index in [-0.39, 0.29) is 30.1 Å². The highest BCUT2D eigenvalue weighted by Gasteiger charge is 2.13. The van der Waals surface area contributed by atoms with E-state index < -0.39 is 0 Å². The summed E-state index contributed by atoms with van der Waals surface area (Å²) in [6, 6.07) is 8.59. The number of hydrogen-bond acceptors (Lipinski definition) is 3. The van der Waals surface area contributed by atoms with Crippen LogP contribution in [0.5, 0.6) is 0 Å². The molecule has 168 valence electrons. The minimum Gasteiger partial charge on any atom is -0.378 e. The molecule has 1 atom stereocenters. The van der Waals surface area contributed by atoms with Crippen LogP contribution in [0.4, 0.5) is 0 Å². The Morgan fingerprint density at radius 3 is 2.60 bits per heavy atom. The average molecular weight is 527 g/mol. The lowest BCUT2D eigenvalue weighted by atomic mass is 10.0.